The first-order valence-corrected chi connectivity index (χ1v) is 5.71. The van der Waals surface area contributed by atoms with Gasteiger partial charge in [-0.1, -0.05) is 0 Å². The Balaban J connectivity index is 2.07. The molecule has 16 heavy (non-hydrogen) atoms. The minimum Gasteiger partial charge on any atom is -0.363 e. The van der Waals surface area contributed by atoms with Gasteiger partial charge < -0.3 is 10.6 Å². The number of carbonyl (C=O) groups is 1. The molecule has 1 aromatic heterocycles. The minimum atomic E-state index is -0.0183. The Morgan fingerprint density at radius 2 is 2.19 bits per heavy atom. The highest BCUT2D eigenvalue weighted by Gasteiger charge is 2.42. The number of amides is 1. The number of hydrogen-bond acceptors (Lipinski definition) is 3. The average molecular weight is 220 g/mol. The van der Waals surface area contributed by atoms with Gasteiger partial charge in [-0.25, -0.2) is 0 Å². The van der Waals surface area contributed by atoms with Gasteiger partial charge in [0.15, 0.2) is 0 Å². The van der Waals surface area contributed by atoms with Crippen molar-refractivity contribution >= 4 is 17.4 Å². The van der Waals surface area contributed by atoms with Gasteiger partial charge in [-0.3, -0.25) is 9.48 Å². The molecule has 2 N–H and O–H groups in total. The minimum absolute atomic E-state index is 0.0183. The van der Waals surface area contributed by atoms with Gasteiger partial charge in [0.25, 0.3) is 0 Å². The van der Waals surface area contributed by atoms with E-state index in [1.807, 2.05) is 18.7 Å². The number of fused-ring (bicyclic) bond motifs is 1. The standard InChI is InChI=1S/C11H16N4O/c1-7-9-10(15(2)14-7)13-11(4-3-5-11)6-8(16)12-9/h13H,3-6H2,1-2H3,(H,12,16). The number of aromatic nitrogens is 2. The lowest BCUT2D eigenvalue weighted by Crippen LogP contribution is -2.46. The van der Waals surface area contributed by atoms with Crippen molar-refractivity contribution in [2.45, 2.75) is 38.1 Å². The van der Waals surface area contributed by atoms with Crippen molar-refractivity contribution in [3.05, 3.63) is 5.69 Å². The molecular weight excluding hydrogens is 204 g/mol. The quantitative estimate of drug-likeness (QED) is 0.695. The first-order chi connectivity index (χ1) is 7.60. The molecule has 1 saturated carbocycles. The number of nitrogens with zero attached hydrogens (tertiary/aromatic N) is 2. The number of carbonyl (C=O) groups excluding carboxylic acids is 1. The van der Waals surface area contributed by atoms with Crippen molar-refractivity contribution in [1.29, 1.82) is 0 Å². The van der Waals surface area contributed by atoms with Crippen molar-refractivity contribution in [2.24, 2.45) is 7.05 Å². The Bertz CT molecular complexity index is 459. The molecule has 0 aromatic carbocycles. The van der Waals surface area contributed by atoms with E-state index < -0.39 is 0 Å². The summed E-state index contributed by atoms with van der Waals surface area (Å²) in [6.45, 7) is 1.92. The van der Waals surface area contributed by atoms with Crippen molar-refractivity contribution in [1.82, 2.24) is 9.78 Å². The lowest BCUT2D eigenvalue weighted by molar-refractivity contribution is -0.117. The topological polar surface area (TPSA) is 59.0 Å². The van der Waals surface area contributed by atoms with E-state index in [1.165, 1.54) is 6.42 Å². The SMILES string of the molecule is Cc1nn(C)c2c1NC(=O)CC1(CCC1)N2. The van der Waals surface area contributed by atoms with E-state index in [9.17, 15) is 4.79 Å². The third-order valence-corrected chi connectivity index (χ3v) is 3.68. The summed E-state index contributed by atoms with van der Waals surface area (Å²) in [5.74, 6) is 1.05. The molecular formula is C11H16N4O. The van der Waals surface area contributed by atoms with Gasteiger partial charge in [-0.15, -0.1) is 0 Å². The number of rotatable bonds is 0. The summed E-state index contributed by atoms with van der Waals surface area (Å²) in [4.78, 5) is 11.8. The molecule has 0 atom stereocenters. The predicted octanol–water partition coefficient (Wildman–Crippen LogP) is 1.41. The molecule has 0 unspecified atom stereocenters. The third-order valence-electron chi connectivity index (χ3n) is 3.68. The predicted molar refractivity (Wildman–Crippen MR) is 61.4 cm³/mol. The highest BCUT2D eigenvalue weighted by molar-refractivity contribution is 5.97. The Kier molecular flexibility index (Phi) is 1.81. The van der Waals surface area contributed by atoms with E-state index >= 15 is 0 Å². The smallest absolute Gasteiger partial charge is 0.226 e. The first kappa shape index (κ1) is 9.69. The second-order valence-corrected chi connectivity index (χ2v) is 4.92. The van der Waals surface area contributed by atoms with E-state index in [0.717, 1.165) is 30.0 Å². The molecule has 1 amide bonds. The molecule has 86 valence electrons. The Morgan fingerprint density at radius 1 is 1.44 bits per heavy atom. The van der Waals surface area contributed by atoms with Crippen LogP contribution in [0.15, 0.2) is 0 Å². The normalized spacial score (nSPS) is 21.8. The van der Waals surface area contributed by atoms with Crippen molar-refractivity contribution in [2.75, 3.05) is 10.6 Å². The second-order valence-electron chi connectivity index (χ2n) is 4.92. The van der Waals surface area contributed by atoms with Crippen LogP contribution in [0.25, 0.3) is 0 Å². The van der Waals surface area contributed by atoms with Gasteiger partial charge >= 0.3 is 0 Å². The number of hydrogen-bond donors (Lipinski definition) is 2. The summed E-state index contributed by atoms with van der Waals surface area (Å²) >= 11 is 0. The highest BCUT2D eigenvalue weighted by Crippen LogP contribution is 2.42. The maximum absolute atomic E-state index is 11.8. The van der Waals surface area contributed by atoms with Gasteiger partial charge in [0.05, 0.1) is 5.69 Å². The summed E-state index contributed by atoms with van der Waals surface area (Å²) in [5, 5.41) is 10.8. The molecule has 2 heterocycles. The van der Waals surface area contributed by atoms with E-state index in [-0.39, 0.29) is 11.4 Å². The van der Waals surface area contributed by atoms with Crippen LogP contribution in [0.1, 0.15) is 31.4 Å². The molecule has 0 radical (unpaired) electrons. The molecule has 1 aromatic rings. The van der Waals surface area contributed by atoms with E-state index in [0.29, 0.717) is 6.42 Å². The Labute approximate surface area is 94.2 Å². The van der Waals surface area contributed by atoms with Crippen LogP contribution in [-0.2, 0) is 11.8 Å². The van der Waals surface area contributed by atoms with Crippen LogP contribution in [0.5, 0.6) is 0 Å². The van der Waals surface area contributed by atoms with Crippen LogP contribution < -0.4 is 10.6 Å². The van der Waals surface area contributed by atoms with Crippen LogP contribution in [0.3, 0.4) is 0 Å². The number of nitrogens with one attached hydrogen (secondary N) is 2. The summed E-state index contributed by atoms with van der Waals surface area (Å²) in [6, 6.07) is 0. The van der Waals surface area contributed by atoms with Gasteiger partial charge in [-0.05, 0) is 26.2 Å². The zero-order chi connectivity index (χ0) is 11.3. The first-order valence-electron chi connectivity index (χ1n) is 5.71. The second kappa shape index (κ2) is 2.99. The zero-order valence-electron chi connectivity index (χ0n) is 9.63. The molecule has 0 bridgehead atoms. The van der Waals surface area contributed by atoms with Crippen molar-refractivity contribution < 1.29 is 4.79 Å². The summed E-state index contributed by atoms with van der Waals surface area (Å²) in [5.41, 5.74) is 1.70. The molecule has 5 nitrogen and oxygen atoms in total. The molecule has 1 spiro atoms. The molecule has 1 aliphatic carbocycles. The average Bonchev–Trinajstić information content (AvgIpc) is 2.36. The molecule has 2 aliphatic rings. The van der Waals surface area contributed by atoms with Crippen LogP contribution in [0.4, 0.5) is 11.5 Å². The maximum atomic E-state index is 11.8. The monoisotopic (exact) mass is 220 g/mol. The van der Waals surface area contributed by atoms with Crippen LogP contribution >= 0.6 is 0 Å². The van der Waals surface area contributed by atoms with Gasteiger partial charge in [0, 0.05) is 19.0 Å². The van der Waals surface area contributed by atoms with Crippen molar-refractivity contribution in [3.8, 4) is 0 Å². The fraction of sp³-hybridized carbons (Fsp3) is 0.636. The van der Waals surface area contributed by atoms with E-state index in [2.05, 4.69) is 15.7 Å². The molecule has 3 rings (SSSR count). The fourth-order valence-electron chi connectivity index (χ4n) is 2.64. The van der Waals surface area contributed by atoms with Crippen LogP contribution in [0.2, 0.25) is 0 Å². The maximum Gasteiger partial charge on any atom is 0.226 e. The molecule has 0 saturated heterocycles. The Morgan fingerprint density at radius 3 is 2.81 bits per heavy atom. The summed E-state index contributed by atoms with van der Waals surface area (Å²) in [7, 11) is 1.91. The zero-order valence-corrected chi connectivity index (χ0v) is 9.63. The highest BCUT2D eigenvalue weighted by atomic mass is 16.1. The summed E-state index contributed by atoms with van der Waals surface area (Å²) in [6.07, 6.45) is 3.92. The molecule has 5 heteroatoms. The number of anilines is 2. The van der Waals surface area contributed by atoms with E-state index in [4.69, 9.17) is 0 Å². The van der Waals surface area contributed by atoms with Crippen LogP contribution in [-0.4, -0.2) is 21.2 Å². The molecule has 1 aliphatic heterocycles. The van der Waals surface area contributed by atoms with Gasteiger partial charge in [0.1, 0.15) is 11.5 Å². The summed E-state index contributed by atoms with van der Waals surface area (Å²) < 4.78 is 1.82. The fourth-order valence-corrected chi connectivity index (χ4v) is 2.64. The number of aryl methyl sites for hydroxylation is 2. The van der Waals surface area contributed by atoms with Crippen LogP contribution in [0, 0.1) is 6.92 Å². The van der Waals surface area contributed by atoms with Gasteiger partial charge in [0.2, 0.25) is 5.91 Å². The van der Waals surface area contributed by atoms with Gasteiger partial charge in [-0.2, -0.15) is 5.10 Å². The Hall–Kier alpha value is -1.52. The third kappa shape index (κ3) is 1.24. The van der Waals surface area contributed by atoms with Crippen molar-refractivity contribution in [3.63, 3.8) is 0 Å². The lowest BCUT2D eigenvalue weighted by Gasteiger charge is -2.41. The lowest BCUT2D eigenvalue weighted by atomic mass is 9.74. The molecule has 1 fully saturated rings. The largest absolute Gasteiger partial charge is 0.363 e. The van der Waals surface area contributed by atoms with E-state index in [1.54, 1.807) is 0 Å².